The van der Waals surface area contributed by atoms with E-state index in [1.807, 2.05) is 12.1 Å². The lowest BCUT2D eigenvalue weighted by Gasteiger charge is -2.31. The Balaban J connectivity index is 1.36. The number of aryl methyl sites for hydroxylation is 2. The molecule has 3 aliphatic rings. The van der Waals surface area contributed by atoms with Crippen LogP contribution in [0.2, 0.25) is 0 Å². The zero-order valence-corrected chi connectivity index (χ0v) is 23.7. The molecule has 3 aromatic heterocycles. The fourth-order valence-corrected chi connectivity index (χ4v) is 8.62. The number of rotatable bonds is 8. The van der Waals surface area contributed by atoms with E-state index in [2.05, 4.69) is 42.6 Å². The number of nitrogens with one attached hydrogen (secondary N) is 4. The van der Waals surface area contributed by atoms with Gasteiger partial charge in [0.15, 0.2) is 5.82 Å². The summed E-state index contributed by atoms with van der Waals surface area (Å²) in [5, 5.41) is 33.6. The number of likely N-dealkylation sites (tertiary alicyclic amines) is 1. The lowest BCUT2D eigenvalue weighted by molar-refractivity contribution is -0.131. The van der Waals surface area contributed by atoms with Gasteiger partial charge >= 0.3 is 0 Å². The summed E-state index contributed by atoms with van der Waals surface area (Å²) in [6.07, 6.45) is 3.61. The van der Waals surface area contributed by atoms with Gasteiger partial charge in [0.25, 0.3) is 11.8 Å². The molecule has 1 saturated heterocycles. The van der Waals surface area contributed by atoms with Gasteiger partial charge in [0.2, 0.25) is 5.91 Å². The van der Waals surface area contributed by atoms with Gasteiger partial charge in [-0.3, -0.25) is 14.4 Å². The third-order valence-corrected chi connectivity index (χ3v) is 10.6. The van der Waals surface area contributed by atoms with Crippen molar-refractivity contribution in [2.45, 2.75) is 49.6 Å². The number of nitrogens with zero attached hydrogens (tertiary/aromatic N) is 5. The number of hydrogen-bond donors (Lipinski definition) is 4. The molecule has 14 heteroatoms. The number of aromatic nitrogens is 4. The van der Waals surface area contributed by atoms with Gasteiger partial charge < -0.3 is 20.9 Å². The number of fused-ring (bicyclic) bond motifs is 3. The highest BCUT2D eigenvalue weighted by Gasteiger charge is 2.54. The average Bonchev–Trinajstić information content (AvgIpc) is 3.46. The van der Waals surface area contributed by atoms with Gasteiger partial charge in [-0.1, -0.05) is 5.21 Å². The maximum Gasteiger partial charge on any atom is 0.261 e. The maximum absolute atomic E-state index is 13.1. The van der Waals surface area contributed by atoms with Crippen molar-refractivity contribution in [3.8, 4) is 6.07 Å². The van der Waals surface area contributed by atoms with Crippen molar-refractivity contribution in [1.29, 1.82) is 5.26 Å². The first-order valence-corrected chi connectivity index (χ1v) is 14.9. The van der Waals surface area contributed by atoms with Crippen molar-refractivity contribution >= 4 is 40.4 Å². The summed E-state index contributed by atoms with van der Waals surface area (Å²) in [4.78, 5) is 43.4. The molecule has 3 atom stereocenters. The minimum absolute atomic E-state index is 0.0673. The smallest absolute Gasteiger partial charge is 0.261 e. The highest BCUT2D eigenvalue weighted by atomic mass is 32.1. The average molecular weight is 580 g/mol. The molecule has 1 saturated carbocycles. The Morgan fingerprint density at radius 2 is 1.75 bits per heavy atom. The second kappa shape index (κ2) is 10.4. The summed E-state index contributed by atoms with van der Waals surface area (Å²) in [6.45, 7) is 0.540. The molecule has 4 N–H and O–H groups in total. The molecule has 40 heavy (non-hydrogen) atoms. The Morgan fingerprint density at radius 1 is 1.10 bits per heavy atom. The molecule has 6 rings (SSSR count). The summed E-state index contributed by atoms with van der Waals surface area (Å²) in [5.41, 5.74) is 0.922. The molecule has 12 nitrogen and oxygen atoms in total. The number of carbonyl (C=O) groups excluding carboxylic acids is 3. The van der Waals surface area contributed by atoms with E-state index in [9.17, 15) is 19.6 Å². The molecule has 1 aliphatic heterocycles. The van der Waals surface area contributed by atoms with Crippen molar-refractivity contribution in [3.63, 3.8) is 0 Å². The highest BCUT2D eigenvalue weighted by Crippen LogP contribution is 2.50. The van der Waals surface area contributed by atoms with Crippen LogP contribution in [-0.2, 0) is 23.1 Å². The first-order valence-electron chi connectivity index (χ1n) is 13.3. The summed E-state index contributed by atoms with van der Waals surface area (Å²) in [5.74, 6) is 0.492. The molecule has 2 aliphatic carbocycles. The number of aromatic amines is 1. The van der Waals surface area contributed by atoms with Crippen LogP contribution >= 0.6 is 22.7 Å². The number of piperidine rings is 1. The monoisotopic (exact) mass is 579 g/mol. The lowest BCUT2D eigenvalue weighted by atomic mass is 9.71. The molecule has 3 amide bonds. The number of hydrogen-bond acceptors (Lipinski definition) is 10. The van der Waals surface area contributed by atoms with E-state index >= 15 is 0 Å². The van der Waals surface area contributed by atoms with Crippen LogP contribution in [0.15, 0.2) is 12.1 Å². The number of tetrazole rings is 1. The Morgan fingerprint density at radius 3 is 2.30 bits per heavy atom. The SMILES string of the molecule is CNC(=O)c1cc2c(s1)CCc1sc(C(=O)NC)cc1C2(CCNCC(=O)N1C(C#N)C[C@@H]2C[C@@H]21)c1nn[nH]n1. The summed E-state index contributed by atoms with van der Waals surface area (Å²) in [6, 6.07) is 5.93. The zero-order chi connectivity index (χ0) is 28.0. The van der Waals surface area contributed by atoms with Crippen LogP contribution in [0.3, 0.4) is 0 Å². The Labute approximate surface area is 238 Å². The van der Waals surface area contributed by atoms with E-state index in [1.54, 1.807) is 19.0 Å². The minimum atomic E-state index is -0.903. The predicted molar refractivity (Wildman–Crippen MR) is 147 cm³/mol. The van der Waals surface area contributed by atoms with Crippen molar-refractivity contribution in [2.75, 3.05) is 27.2 Å². The second-order valence-corrected chi connectivity index (χ2v) is 12.6. The Kier molecular flexibility index (Phi) is 6.89. The largest absolute Gasteiger partial charge is 0.354 e. The van der Waals surface area contributed by atoms with E-state index in [4.69, 9.17) is 0 Å². The van der Waals surface area contributed by atoms with E-state index in [0.29, 0.717) is 47.3 Å². The second-order valence-electron chi connectivity index (χ2n) is 10.4. The summed E-state index contributed by atoms with van der Waals surface area (Å²) < 4.78 is 0. The molecule has 3 aromatic rings. The molecule has 208 valence electrons. The van der Waals surface area contributed by atoms with Crippen LogP contribution in [0, 0.1) is 17.2 Å². The van der Waals surface area contributed by atoms with Gasteiger partial charge in [-0.05, 0) is 67.8 Å². The van der Waals surface area contributed by atoms with Crippen molar-refractivity contribution in [1.82, 2.24) is 41.5 Å². The molecule has 0 radical (unpaired) electrons. The van der Waals surface area contributed by atoms with Crippen LogP contribution in [0.5, 0.6) is 0 Å². The standard InChI is InChI=1S/C26H29N9O3S2/c1-28-23(37)20-9-15-18(39-20)3-4-19-16(10-21(40-19)24(38)29-2)26(15,25-31-33-34-32-25)5-6-30-12-22(36)35-14(11-27)7-13-8-17(13)35/h9-10,13-14,17,30H,3-8,12H2,1-2H3,(H,28,37)(H,29,38)(H,31,32,33,34)/t13-,14?,17+/m1/s1. The van der Waals surface area contributed by atoms with Crippen LogP contribution in [0.4, 0.5) is 0 Å². The molecule has 4 heterocycles. The molecular weight excluding hydrogens is 550 g/mol. The van der Waals surface area contributed by atoms with E-state index in [1.165, 1.54) is 22.7 Å². The molecule has 2 fully saturated rings. The quantitative estimate of drug-likeness (QED) is 0.286. The molecule has 0 spiro atoms. The summed E-state index contributed by atoms with van der Waals surface area (Å²) >= 11 is 2.91. The van der Waals surface area contributed by atoms with Gasteiger partial charge in [-0.25, -0.2) is 0 Å². The Bertz CT molecular complexity index is 1440. The first kappa shape index (κ1) is 26.5. The zero-order valence-electron chi connectivity index (χ0n) is 22.1. The third kappa shape index (κ3) is 4.29. The van der Waals surface area contributed by atoms with Crippen LogP contribution in [0.25, 0.3) is 0 Å². The fraction of sp³-hybridized carbons (Fsp3) is 0.500. The fourth-order valence-electron chi connectivity index (χ4n) is 6.25. The number of amides is 3. The normalized spacial score (nSPS) is 21.9. The number of nitriles is 1. The van der Waals surface area contributed by atoms with E-state index < -0.39 is 5.41 Å². The summed E-state index contributed by atoms with van der Waals surface area (Å²) in [7, 11) is 3.21. The maximum atomic E-state index is 13.1. The van der Waals surface area contributed by atoms with Gasteiger partial charge in [-0.2, -0.15) is 10.5 Å². The van der Waals surface area contributed by atoms with Gasteiger partial charge in [-0.15, -0.1) is 32.9 Å². The first-order chi connectivity index (χ1) is 19.4. The van der Waals surface area contributed by atoms with E-state index in [-0.39, 0.29) is 36.3 Å². The molecule has 1 unspecified atom stereocenters. The van der Waals surface area contributed by atoms with Crippen molar-refractivity contribution in [2.24, 2.45) is 5.92 Å². The number of thiophene rings is 2. The van der Waals surface area contributed by atoms with Crippen molar-refractivity contribution < 1.29 is 14.4 Å². The molecule has 0 aromatic carbocycles. The number of carbonyl (C=O) groups is 3. The van der Waals surface area contributed by atoms with E-state index in [0.717, 1.165) is 33.7 Å². The van der Waals surface area contributed by atoms with Gasteiger partial charge in [0, 0.05) is 29.9 Å². The van der Waals surface area contributed by atoms with Crippen molar-refractivity contribution in [3.05, 3.63) is 48.6 Å². The third-order valence-electron chi connectivity index (χ3n) is 8.24. The highest BCUT2D eigenvalue weighted by molar-refractivity contribution is 7.15. The van der Waals surface area contributed by atoms with Gasteiger partial charge in [0.1, 0.15) is 6.04 Å². The van der Waals surface area contributed by atoms with Gasteiger partial charge in [0.05, 0.1) is 27.8 Å². The minimum Gasteiger partial charge on any atom is -0.354 e. The predicted octanol–water partition coefficient (Wildman–Crippen LogP) is 0.968. The Hall–Kier alpha value is -3.67. The molecule has 0 bridgehead atoms. The molecular formula is C26H29N9O3S2. The van der Waals surface area contributed by atoms with Crippen LogP contribution < -0.4 is 16.0 Å². The van der Waals surface area contributed by atoms with Crippen LogP contribution in [0.1, 0.15) is 65.3 Å². The topological polar surface area (TPSA) is 169 Å². The lowest BCUT2D eigenvalue weighted by Crippen LogP contribution is -2.44. The number of H-pyrrole nitrogens is 1. The van der Waals surface area contributed by atoms with Crippen LogP contribution in [-0.4, -0.2) is 82.5 Å².